The van der Waals surface area contributed by atoms with Crippen LogP contribution in [0.5, 0.6) is 5.75 Å². The van der Waals surface area contributed by atoms with Crippen LogP contribution in [-0.2, 0) is 4.79 Å². The molecule has 3 N–H and O–H groups in total. The number of para-hydroxylation sites is 2. The highest BCUT2D eigenvalue weighted by Gasteiger charge is 2.04. The SMILES string of the molecule is COc1cccc(SCCCCCC(=O)Nc2ccccc2N)c1. The Morgan fingerprint density at radius 3 is 2.75 bits per heavy atom. The lowest BCUT2D eigenvalue weighted by atomic mass is 10.2. The summed E-state index contributed by atoms with van der Waals surface area (Å²) in [4.78, 5) is 13.1. The number of hydrogen-bond acceptors (Lipinski definition) is 4. The van der Waals surface area contributed by atoms with E-state index in [2.05, 4.69) is 11.4 Å². The Balaban J connectivity index is 1.59. The van der Waals surface area contributed by atoms with Crippen LogP contribution in [0.2, 0.25) is 0 Å². The van der Waals surface area contributed by atoms with Gasteiger partial charge in [0.15, 0.2) is 0 Å². The molecule has 0 fully saturated rings. The molecule has 5 heteroatoms. The van der Waals surface area contributed by atoms with E-state index in [0.29, 0.717) is 17.8 Å². The second-order valence-corrected chi connectivity index (χ2v) is 6.64. The van der Waals surface area contributed by atoms with E-state index in [1.165, 1.54) is 4.90 Å². The van der Waals surface area contributed by atoms with Gasteiger partial charge in [-0.25, -0.2) is 0 Å². The van der Waals surface area contributed by atoms with Crippen LogP contribution in [0, 0.1) is 0 Å². The van der Waals surface area contributed by atoms with Crippen molar-refractivity contribution in [3.63, 3.8) is 0 Å². The molecule has 0 atom stereocenters. The molecule has 128 valence electrons. The lowest BCUT2D eigenvalue weighted by molar-refractivity contribution is -0.116. The van der Waals surface area contributed by atoms with E-state index in [9.17, 15) is 4.79 Å². The van der Waals surface area contributed by atoms with Crippen molar-refractivity contribution in [2.45, 2.75) is 30.6 Å². The fourth-order valence-electron chi connectivity index (χ4n) is 2.27. The molecule has 1 amide bonds. The molecule has 2 aromatic carbocycles. The molecule has 0 radical (unpaired) electrons. The third-order valence-corrected chi connectivity index (χ3v) is 4.67. The van der Waals surface area contributed by atoms with E-state index in [1.54, 1.807) is 13.2 Å². The summed E-state index contributed by atoms with van der Waals surface area (Å²) < 4.78 is 5.22. The van der Waals surface area contributed by atoms with E-state index in [4.69, 9.17) is 10.5 Å². The van der Waals surface area contributed by atoms with Gasteiger partial charge in [0.05, 0.1) is 18.5 Å². The summed E-state index contributed by atoms with van der Waals surface area (Å²) in [6.07, 6.45) is 3.53. The molecule has 0 aromatic heterocycles. The van der Waals surface area contributed by atoms with Crippen LogP contribution in [0.3, 0.4) is 0 Å². The van der Waals surface area contributed by atoms with Gasteiger partial charge in [-0.15, -0.1) is 11.8 Å². The quantitative estimate of drug-likeness (QED) is 0.397. The number of methoxy groups -OCH3 is 1. The Labute approximate surface area is 147 Å². The van der Waals surface area contributed by atoms with Gasteiger partial charge in [-0.2, -0.15) is 0 Å². The van der Waals surface area contributed by atoms with Crippen molar-refractivity contribution < 1.29 is 9.53 Å². The number of hydrogen-bond donors (Lipinski definition) is 2. The minimum Gasteiger partial charge on any atom is -0.497 e. The number of rotatable bonds is 9. The molecule has 2 rings (SSSR count). The van der Waals surface area contributed by atoms with Crippen LogP contribution in [0.15, 0.2) is 53.4 Å². The second kappa shape index (κ2) is 9.88. The molecule has 0 aliphatic heterocycles. The van der Waals surface area contributed by atoms with E-state index in [-0.39, 0.29) is 5.91 Å². The first-order valence-corrected chi connectivity index (χ1v) is 9.09. The van der Waals surface area contributed by atoms with Crippen molar-refractivity contribution in [1.82, 2.24) is 0 Å². The lowest BCUT2D eigenvalue weighted by Gasteiger charge is -2.08. The zero-order valence-corrected chi connectivity index (χ0v) is 14.8. The van der Waals surface area contributed by atoms with Crippen molar-refractivity contribution in [1.29, 1.82) is 0 Å². The number of unbranched alkanes of at least 4 members (excludes halogenated alkanes) is 2. The Kier molecular flexibility index (Phi) is 7.49. The number of ether oxygens (including phenoxy) is 1. The molecule has 4 nitrogen and oxygen atoms in total. The Bertz CT molecular complexity index is 661. The molecule has 0 unspecified atom stereocenters. The number of nitrogens with two attached hydrogens (primary N) is 1. The molecule has 2 aromatic rings. The molecule has 0 spiro atoms. The maximum Gasteiger partial charge on any atom is 0.224 e. The summed E-state index contributed by atoms with van der Waals surface area (Å²) in [5.41, 5.74) is 7.10. The zero-order chi connectivity index (χ0) is 17.2. The van der Waals surface area contributed by atoms with Gasteiger partial charge in [0, 0.05) is 11.3 Å². The first-order valence-electron chi connectivity index (χ1n) is 8.10. The molecule has 0 saturated heterocycles. The highest BCUT2D eigenvalue weighted by Crippen LogP contribution is 2.24. The Morgan fingerprint density at radius 1 is 1.12 bits per heavy atom. The first-order chi connectivity index (χ1) is 11.7. The van der Waals surface area contributed by atoms with Crippen molar-refractivity contribution in [2.75, 3.05) is 23.9 Å². The summed E-state index contributed by atoms with van der Waals surface area (Å²) in [5.74, 6) is 1.95. The number of thioether (sulfide) groups is 1. The third-order valence-electron chi connectivity index (χ3n) is 3.59. The monoisotopic (exact) mass is 344 g/mol. The van der Waals surface area contributed by atoms with E-state index >= 15 is 0 Å². The lowest BCUT2D eigenvalue weighted by Crippen LogP contribution is -2.12. The smallest absolute Gasteiger partial charge is 0.224 e. The molecule has 0 bridgehead atoms. The minimum atomic E-state index is 0.0216. The van der Waals surface area contributed by atoms with Crippen LogP contribution >= 0.6 is 11.8 Å². The highest BCUT2D eigenvalue weighted by atomic mass is 32.2. The fraction of sp³-hybridized carbons (Fsp3) is 0.316. The van der Waals surface area contributed by atoms with Gasteiger partial charge in [0.2, 0.25) is 5.91 Å². The fourth-order valence-corrected chi connectivity index (χ4v) is 3.23. The summed E-state index contributed by atoms with van der Waals surface area (Å²) in [6, 6.07) is 15.4. The third kappa shape index (κ3) is 6.16. The molecule has 0 aliphatic rings. The largest absolute Gasteiger partial charge is 0.497 e. The number of nitrogen functional groups attached to an aromatic ring is 1. The Morgan fingerprint density at radius 2 is 1.96 bits per heavy atom. The number of anilines is 2. The van der Waals surface area contributed by atoms with Crippen molar-refractivity contribution >= 4 is 29.0 Å². The average Bonchev–Trinajstić information content (AvgIpc) is 2.60. The summed E-state index contributed by atoms with van der Waals surface area (Å²) in [7, 11) is 1.68. The van der Waals surface area contributed by atoms with Crippen molar-refractivity contribution in [3.05, 3.63) is 48.5 Å². The van der Waals surface area contributed by atoms with Gasteiger partial charge in [0.1, 0.15) is 5.75 Å². The predicted octanol–water partition coefficient (Wildman–Crippen LogP) is 4.57. The van der Waals surface area contributed by atoms with Crippen LogP contribution in [-0.4, -0.2) is 18.8 Å². The standard InChI is InChI=1S/C19H24N2O2S/c1-23-15-8-7-9-16(14-15)24-13-6-2-3-12-19(22)21-18-11-5-4-10-17(18)20/h4-5,7-11,14H,2-3,6,12-13,20H2,1H3,(H,21,22). The van der Waals surface area contributed by atoms with Gasteiger partial charge in [-0.05, 0) is 48.9 Å². The Hall–Kier alpha value is -2.14. The number of carbonyl (C=O) groups excluding carboxylic acids is 1. The topological polar surface area (TPSA) is 64.3 Å². The van der Waals surface area contributed by atoms with Gasteiger partial charge in [0.25, 0.3) is 0 Å². The molecule has 0 heterocycles. The predicted molar refractivity (Wildman–Crippen MR) is 102 cm³/mol. The number of carbonyl (C=O) groups is 1. The van der Waals surface area contributed by atoms with E-state index in [1.807, 2.05) is 48.2 Å². The van der Waals surface area contributed by atoms with E-state index in [0.717, 1.165) is 30.8 Å². The zero-order valence-electron chi connectivity index (χ0n) is 14.0. The van der Waals surface area contributed by atoms with Crippen LogP contribution in [0.25, 0.3) is 0 Å². The molecule has 24 heavy (non-hydrogen) atoms. The van der Waals surface area contributed by atoms with Crippen LogP contribution in [0.4, 0.5) is 11.4 Å². The first kappa shape index (κ1) is 18.2. The summed E-state index contributed by atoms with van der Waals surface area (Å²) >= 11 is 1.82. The summed E-state index contributed by atoms with van der Waals surface area (Å²) in [5, 5.41) is 2.86. The average molecular weight is 344 g/mol. The molecule has 0 saturated carbocycles. The normalized spacial score (nSPS) is 10.4. The highest BCUT2D eigenvalue weighted by molar-refractivity contribution is 7.99. The van der Waals surface area contributed by atoms with Crippen LogP contribution < -0.4 is 15.8 Å². The van der Waals surface area contributed by atoms with Gasteiger partial charge >= 0.3 is 0 Å². The van der Waals surface area contributed by atoms with Gasteiger partial charge in [-0.3, -0.25) is 4.79 Å². The van der Waals surface area contributed by atoms with Crippen LogP contribution in [0.1, 0.15) is 25.7 Å². The van der Waals surface area contributed by atoms with Crippen molar-refractivity contribution in [3.8, 4) is 5.75 Å². The molecule has 0 aliphatic carbocycles. The maximum absolute atomic E-state index is 11.9. The maximum atomic E-state index is 11.9. The van der Waals surface area contributed by atoms with Gasteiger partial charge < -0.3 is 15.8 Å². The molecular formula is C19H24N2O2S. The molecular weight excluding hydrogens is 320 g/mol. The number of nitrogens with one attached hydrogen (secondary N) is 1. The number of benzene rings is 2. The second-order valence-electron chi connectivity index (χ2n) is 5.47. The van der Waals surface area contributed by atoms with Crippen molar-refractivity contribution in [2.24, 2.45) is 0 Å². The van der Waals surface area contributed by atoms with Gasteiger partial charge in [-0.1, -0.05) is 24.6 Å². The summed E-state index contributed by atoms with van der Waals surface area (Å²) in [6.45, 7) is 0. The number of amides is 1. The minimum absolute atomic E-state index is 0.0216. The van der Waals surface area contributed by atoms with E-state index < -0.39 is 0 Å².